The Hall–Kier alpha value is -0.690. The van der Waals surface area contributed by atoms with Crippen molar-refractivity contribution in [1.29, 1.82) is 0 Å². The van der Waals surface area contributed by atoms with E-state index in [1.54, 1.807) is 36.4 Å². The quantitative estimate of drug-likeness (QED) is 0.447. The zero-order chi connectivity index (χ0) is 16.3. The smallest absolute Gasteiger partial charge is 0.263 e. The number of benzene rings is 2. The molecule has 0 unspecified atom stereocenters. The predicted molar refractivity (Wildman–Crippen MR) is 99.5 cm³/mol. The molecule has 0 saturated heterocycles. The lowest BCUT2D eigenvalue weighted by Crippen LogP contribution is -2.26. The van der Waals surface area contributed by atoms with Gasteiger partial charge in [0.1, 0.15) is 0 Å². The molecule has 0 aromatic heterocycles. The van der Waals surface area contributed by atoms with Gasteiger partial charge in [0.25, 0.3) is 5.91 Å². The largest absolute Gasteiger partial charge is 0.323 e. The molecule has 1 N–H and O–H groups in total. The fourth-order valence-corrected chi connectivity index (χ4v) is 2.22. The molecule has 1 amide bonds. The third kappa shape index (κ3) is 4.41. The van der Waals surface area contributed by atoms with Gasteiger partial charge in [-0.05, 0) is 66.0 Å². The van der Waals surface area contributed by atoms with E-state index in [1.165, 1.54) is 6.07 Å². The summed E-state index contributed by atoms with van der Waals surface area (Å²) in [4.78, 5) is 24.6. The van der Waals surface area contributed by atoms with E-state index in [0.29, 0.717) is 21.8 Å². The summed E-state index contributed by atoms with van der Waals surface area (Å²) in [6, 6.07) is 13.5. The Labute approximate surface area is 157 Å². The second-order valence-electron chi connectivity index (χ2n) is 4.34. The number of amides is 1. The molecule has 0 aliphatic carbocycles. The molecule has 0 aliphatic heterocycles. The highest BCUT2D eigenvalue weighted by Crippen LogP contribution is 2.35. The molecule has 0 spiro atoms. The number of hydrogen-bond acceptors (Lipinski definition) is 2. The number of ketones is 1. The van der Waals surface area contributed by atoms with Crippen LogP contribution in [0.4, 0.5) is 5.69 Å². The van der Waals surface area contributed by atoms with Crippen LogP contribution in [0, 0.1) is 0 Å². The zero-order valence-corrected chi connectivity index (χ0v) is 16.5. The van der Waals surface area contributed by atoms with Crippen molar-refractivity contribution in [2.75, 3.05) is 5.32 Å². The molecule has 0 heterocycles. The van der Waals surface area contributed by atoms with Crippen LogP contribution in [-0.4, -0.2) is 13.8 Å². The molecule has 22 heavy (non-hydrogen) atoms. The fraction of sp³-hybridized carbons (Fsp3) is 0.0667. The molecule has 0 fully saturated rings. The summed E-state index contributed by atoms with van der Waals surface area (Å²) < 4.78 is -1.11. The molecular formula is C15H9Br3ClNO2. The number of rotatable bonds is 3. The van der Waals surface area contributed by atoms with Crippen molar-refractivity contribution in [3.63, 3.8) is 0 Å². The highest BCUT2D eigenvalue weighted by atomic mass is 80.0. The van der Waals surface area contributed by atoms with Gasteiger partial charge < -0.3 is 5.32 Å². The van der Waals surface area contributed by atoms with Crippen molar-refractivity contribution >= 4 is 76.8 Å². The van der Waals surface area contributed by atoms with Crippen LogP contribution in [0.5, 0.6) is 0 Å². The summed E-state index contributed by atoms with van der Waals surface area (Å²) >= 11 is 15.4. The lowest BCUT2D eigenvalue weighted by atomic mass is 10.0. The summed E-state index contributed by atoms with van der Waals surface area (Å²) in [5.41, 5.74) is 1.22. The summed E-state index contributed by atoms with van der Waals surface area (Å²) in [5, 5.41) is 3.09. The van der Waals surface area contributed by atoms with E-state index in [-0.39, 0.29) is 5.78 Å². The average molecular weight is 510 g/mol. The van der Waals surface area contributed by atoms with Gasteiger partial charge in [-0.3, -0.25) is 9.59 Å². The van der Waals surface area contributed by atoms with Crippen molar-refractivity contribution in [2.24, 2.45) is 0 Å². The van der Waals surface area contributed by atoms with Gasteiger partial charge >= 0.3 is 0 Å². The molecule has 0 bridgehead atoms. The second kappa shape index (κ2) is 7.25. The number of halogens is 4. The summed E-state index contributed by atoms with van der Waals surface area (Å²) in [6.45, 7) is 0. The molecule has 114 valence electrons. The summed E-state index contributed by atoms with van der Waals surface area (Å²) in [5.74, 6) is -0.625. The summed E-state index contributed by atoms with van der Waals surface area (Å²) in [6.07, 6.45) is 0. The van der Waals surface area contributed by atoms with E-state index in [4.69, 9.17) is 11.6 Å². The molecule has 0 radical (unpaired) electrons. The third-order valence-electron chi connectivity index (χ3n) is 2.77. The Morgan fingerprint density at radius 2 is 1.64 bits per heavy atom. The van der Waals surface area contributed by atoms with Crippen LogP contribution in [0.15, 0.2) is 48.5 Å². The summed E-state index contributed by atoms with van der Waals surface area (Å²) in [7, 11) is 0. The van der Waals surface area contributed by atoms with E-state index in [2.05, 4.69) is 53.1 Å². The lowest BCUT2D eigenvalue weighted by molar-refractivity contribution is -0.114. The molecule has 3 nitrogen and oxygen atoms in total. The van der Waals surface area contributed by atoms with Crippen molar-refractivity contribution in [3.05, 3.63) is 64.7 Å². The Morgan fingerprint density at radius 3 is 2.23 bits per heavy atom. The van der Waals surface area contributed by atoms with E-state index in [0.717, 1.165) is 0 Å². The predicted octanol–water partition coefficient (Wildman–Crippen LogP) is 5.35. The zero-order valence-electron chi connectivity index (χ0n) is 10.9. The minimum atomic E-state index is -1.11. The van der Waals surface area contributed by atoms with E-state index < -0.39 is 8.05 Å². The van der Waals surface area contributed by atoms with Gasteiger partial charge in [-0.25, -0.2) is 0 Å². The average Bonchev–Trinajstić information content (AvgIpc) is 2.48. The standard InChI is InChI=1S/C15H9Br3ClNO2/c16-15(17,18)14(22)20-12-7-6-10(19)8-11(12)13(21)9-4-2-1-3-5-9/h1-8H,(H,20,22). The Balaban J connectivity index is 2.41. The van der Waals surface area contributed by atoms with Gasteiger partial charge in [0.2, 0.25) is 2.14 Å². The number of hydrogen-bond donors (Lipinski definition) is 1. The highest BCUT2D eigenvalue weighted by Gasteiger charge is 2.29. The first kappa shape index (κ1) is 17.7. The van der Waals surface area contributed by atoms with Crippen LogP contribution in [0.1, 0.15) is 15.9 Å². The van der Waals surface area contributed by atoms with Crippen LogP contribution < -0.4 is 5.32 Å². The van der Waals surface area contributed by atoms with Gasteiger partial charge in [0, 0.05) is 16.1 Å². The van der Waals surface area contributed by atoms with Crippen molar-refractivity contribution in [1.82, 2.24) is 0 Å². The molecule has 7 heteroatoms. The number of carbonyl (C=O) groups is 2. The van der Waals surface area contributed by atoms with Gasteiger partial charge in [0.15, 0.2) is 5.78 Å². The molecule has 2 aromatic carbocycles. The van der Waals surface area contributed by atoms with E-state index in [9.17, 15) is 9.59 Å². The highest BCUT2D eigenvalue weighted by molar-refractivity contribution is 9.40. The fourth-order valence-electron chi connectivity index (χ4n) is 1.75. The molecule has 2 rings (SSSR count). The van der Waals surface area contributed by atoms with Crippen molar-refractivity contribution in [2.45, 2.75) is 2.14 Å². The Kier molecular flexibility index (Phi) is 5.82. The van der Waals surface area contributed by atoms with E-state index in [1.807, 2.05) is 6.07 Å². The van der Waals surface area contributed by atoms with E-state index >= 15 is 0 Å². The molecule has 0 aliphatic rings. The minimum absolute atomic E-state index is 0.220. The van der Waals surface area contributed by atoms with Gasteiger partial charge in [-0.1, -0.05) is 41.9 Å². The topological polar surface area (TPSA) is 46.2 Å². The maximum Gasteiger partial charge on any atom is 0.263 e. The maximum atomic E-state index is 12.6. The van der Waals surface area contributed by atoms with Crippen LogP contribution in [0.2, 0.25) is 5.02 Å². The second-order valence-corrected chi connectivity index (χ2v) is 11.5. The monoisotopic (exact) mass is 507 g/mol. The first-order valence-electron chi connectivity index (χ1n) is 6.06. The lowest BCUT2D eigenvalue weighted by Gasteiger charge is -2.15. The molecule has 0 atom stereocenters. The number of anilines is 1. The minimum Gasteiger partial charge on any atom is -0.323 e. The Bertz CT molecular complexity index is 714. The molecule has 0 saturated carbocycles. The van der Waals surface area contributed by atoms with Crippen LogP contribution in [0.3, 0.4) is 0 Å². The van der Waals surface area contributed by atoms with Crippen molar-refractivity contribution < 1.29 is 9.59 Å². The Morgan fingerprint density at radius 1 is 1.00 bits per heavy atom. The molecular weight excluding hydrogens is 501 g/mol. The first-order chi connectivity index (χ1) is 10.3. The number of carbonyl (C=O) groups excluding carboxylic acids is 2. The SMILES string of the molecule is O=C(c1ccccc1)c1cc(Cl)ccc1NC(=O)C(Br)(Br)Br. The van der Waals surface area contributed by atoms with Crippen LogP contribution >= 0.6 is 59.4 Å². The maximum absolute atomic E-state index is 12.6. The number of alkyl halides is 3. The van der Waals surface area contributed by atoms with Crippen LogP contribution in [-0.2, 0) is 4.79 Å². The van der Waals surface area contributed by atoms with Crippen molar-refractivity contribution in [3.8, 4) is 0 Å². The third-order valence-corrected chi connectivity index (χ3v) is 4.08. The van der Waals surface area contributed by atoms with Gasteiger partial charge in [-0.2, -0.15) is 0 Å². The van der Waals surface area contributed by atoms with Gasteiger partial charge in [0.05, 0.1) is 5.69 Å². The first-order valence-corrected chi connectivity index (χ1v) is 8.82. The molecule has 2 aromatic rings. The number of nitrogens with one attached hydrogen (secondary N) is 1. The van der Waals surface area contributed by atoms with Gasteiger partial charge in [-0.15, -0.1) is 0 Å². The van der Waals surface area contributed by atoms with Crippen LogP contribution in [0.25, 0.3) is 0 Å². The normalized spacial score (nSPS) is 11.1.